The van der Waals surface area contributed by atoms with E-state index in [0.29, 0.717) is 6.42 Å². The third-order valence-corrected chi connectivity index (χ3v) is 3.47. The summed E-state index contributed by atoms with van der Waals surface area (Å²) in [4.78, 5) is 10.8. The molecule has 2 aliphatic carbocycles. The standard InChI is InChI=1S/C10H14F2O/c11-10(12)5-8(6-10)4-9(7-13)2-1-3-9/h7-8H,1-6H2. The summed E-state index contributed by atoms with van der Waals surface area (Å²) in [5.41, 5.74) is -0.207. The van der Waals surface area contributed by atoms with Crippen LogP contribution in [0.4, 0.5) is 8.78 Å². The maximum Gasteiger partial charge on any atom is 0.248 e. The molecule has 74 valence electrons. The van der Waals surface area contributed by atoms with Gasteiger partial charge in [0.25, 0.3) is 0 Å². The first-order valence-electron chi connectivity index (χ1n) is 4.89. The van der Waals surface area contributed by atoms with Crippen molar-refractivity contribution < 1.29 is 13.6 Å². The van der Waals surface area contributed by atoms with E-state index in [1.807, 2.05) is 0 Å². The molecule has 3 heteroatoms. The molecule has 0 aromatic rings. The first kappa shape index (κ1) is 9.10. The minimum atomic E-state index is -2.43. The number of carbonyl (C=O) groups is 1. The van der Waals surface area contributed by atoms with Gasteiger partial charge >= 0.3 is 0 Å². The van der Waals surface area contributed by atoms with Crippen LogP contribution in [-0.2, 0) is 4.79 Å². The summed E-state index contributed by atoms with van der Waals surface area (Å²) in [6.07, 6.45) is 4.61. The Morgan fingerprint density at radius 1 is 1.31 bits per heavy atom. The maximum absolute atomic E-state index is 12.5. The predicted molar refractivity (Wildman–Crippen MR) is 44.6 cm³/mol. The molecule has 0 spiro atoms. The van der Waals surface area contributed by atoms with Crippen LogP contribution in [-0.4, -0.2) is 12.2 Å². The van der Waals surface area contributed by atoms with Gasteiger partial charge in [-0.25, -0.2) is 8.78 Å². The second-order valence-electron chi connectivity index (χ2n) is 4.67. The summed E-state index contributed by atoms with van der Waals surface area (Å²) in [5, 5.41) is 0. The minimum Gasteiger partial charge on any atom is -0.303 e. The van der Waals surface area contributed by atoms with Crippen molar-refractivity contribution in [3.63, 3.8) is 0 Å². The molecule has 0 atom stereocenters. The third kappa shape index (κ3) is 1.61. The molecule has 0 amide bonds. The number of hydrogen-bond donors (Lipinski definition) is 0. The van der Waals surface area contributed by atoms with Gasteiger partial charge in [0.2, 0.25) is 5.92 Å². The normalized spacial score (nSPS) is 30.3. The van der Waals surface area contributed by atoms with E-state index in [4.69, 9.17) is 0 Å². The topological polar surface area (TPSA) is 17.1 Å². The van der Waals surface area contributed by atoms with Crippen molar-refractivity contribution in [2.24, 2.45) is 11.3 Å². The molecule has 13 heavy (non-hydrogen) atoms. The van der Waals surface area contributed by atoms with Crippen molar-refractivity contribution >= 4 is 6.29 Å². The minimum absolute atomic E-state index is 0.00257. The van der Waals surface area contributed by atoms with E-state index in [9.17, 15) is 13.6 Å². The van der Waals surface area contributed by atoms with Gasteiger partial charge in [-0.1, -0.05) is 6.42 Å². The summed E-state index contributed by atoms with van der Waals surface area (Å²) >= 11 is 0. The molecular weight excluding hydrogens is 174 g/mol. The van der Waals surface area contributed by atoms with E-state index < -0.39 is 5.92 Å². The summed E-state index contributed by atoms with van der Waals surface area (Å²) < 4.78 is 25.0. The molecule has 0 unspecified atom stereocenters. The second-order valence-corrected chi connectivity index (χ2v) is 4.67. The van der Waals surface area contributed by atoms with Crippen LogP contribution >= 0.6 is 0 Å². The van der Waals surface area contributed by atoms with Gasteiger partial charge in [0.05, 0.1) is 0 Å². The van der Waals surface area contributed by atoms with Crippen LogP contribution in [0, 0.1) is 11.3 Å². The molecule has 0 radical (unpaired) electrons. The number of halogens is 2. The van der Waals surface area contributed by atoms with E-state index in [1.165, 1.54) is 0 Å². The van der Waals surface area contributed by atoms with Crippen LogP contribution in [0.3, 0.4) is 0 Å². The Labute approximate surface area is 76.5 Å². The van der Waals surface area contributed by atoms with Crippen molar-refractivity contribution in [3.05, 3.63) is 0 Å². The lowest BCUT2D eigenvalue weighted by atomic mass is 9.61. The zero-order chi connectivity index (χ0) is 9.53. The van der Waals surface area contributed by atoms with Crippen LogP contribution in [0.25, 0.3) is 0 Å². The van der Waals surface area contributed by atoms with E-state index in [-0.39, 0.29) is 24.2 Å². The summed E-state index contributed by atoms with van der Waals surface area (Å²) in [5.74, 6) is -2.33. The quantitative estimate of drug-likeness (QED) is 0.622. The Hall–Kier alpha value is -0.470. The molecule has 0 N–H and O–H groups in total. The van der Waals surface area contributed by atoms with Crippen molar-refractivity contribution in [1.82, 2.24) is 0 Å². The van der Waals surface area contributed by atoms with Crippen LogP contribution in [0.5, 0.6) is 0 Å². The number of hydrogen-bond acceptors (Lipinski definition) is 1. The van der Waals surface area contributed by atoms with Crippen LogP contribution in [0.1, 0.15) is 38.5 Å². The fraction of sp³-hybridized carbons (Fsp3) is 0.900. The van der Waals surface area contributed by atoms with Crippen LogP contribution in [0.2, 0.25) is 0 Å². The second kappa shape index (κ2) is 2.76. The number of carbonyl (C=O) groups excluding carboxylic acids is 1. The number of rotatable bonds is 3. The first-order valence-corrected chi connectivity index (χ1v) is 4.89. The summed E-state index contributed by atoms with van der Waals surface area (Å²) in [6.45, 7) is 0. The fourth-order valence-electron chi connectivity index (χ4n) is 2.51. The Morgan fingerprint density at radius 2 is 1.92 bits per heavy atom. The molecule has 0 bridgehead atoms. The maximum atomic E-state index is 12.5. The van der Waals surface area contributed by atoms with E-state index in [1.54, 1.807) is 0 Å². The van der Waals surface area contributed by atoms with Gasteiger partial charge in [-0.3, -0.25) is 0 Å². The fourth-order valence-corrected chi connectivity index (χ4v) is 2.51. The Kier molecular flexibility index (Phi) is 1.93. The summed E-state index contributed by atoms with van der Waals surface area (Å²) in [6, 6.07) is 0. The van der Waals surface area contributed by atoms with Gasteiger partial charge in [-0.2, -0.15) is 0 Å². The SMILES string of the molecule is O=CC1(CC2CC(F)(F)C2)CCC1. The smallest absolute Gasteiger partial charge is 0.248 e. The van der Waals surface area contributed by atoms with Crippen molar-refractivity contribution in [1.29, 1.82) is 0 Å². The lowest BCUT2D eigenvalue weighted by Crippen LogP contribution is -2.41. The lowest BCUT2D eigenvalue weighted by Gasteiger charge is -2.44. The number of aldehydes is 1. The zero-order valence-electron chi connectivity index (χ0n) is 7.56. The molecule has 0 saturated heterocycles. The average Bonchev–Trinajstić information content (AvgIpc) is 1.92. The first-order chi connectivity index (χ1) is 6.05. The molecule has 2 fully saturated rings. The van der Waals surface area contributed by atoms with Crippen LogP contribution < -0.4 is 0 Å². The van der Waals surface area contributed by atoms with Crippen molar-refractivity contribution in [2.75, 3.05) is 0 Å². The Balaban J connectivity index is 1.82. The van der Waals surface area contributed by atoms with Crippen molar-refractivity contribution in [3.8, 4) is 0 Å². The Bertz CT molecular complexity index is 213. The molecule has 2 rings (SSSR count). The lowest BCUT2D eigenvalue weighted by molar-refractivity contribution is -0.138. The van der Waals surface area contributed by atoms with Gasteiger partial charge in [0, 0.05) is 18.3 Å². The van der Waals surface area contributed by atoms with Gasteiger partial charge in [-0.15, -0.1) is 0 Å². The highest BCUT2D eigenvalue weighted by Crippen LogP contribution is 2.52. The molecule has 0 heterocycles. The molecule has 0 aliphatic heterocycles. The van der Waals surface area contributed by atoms with E-state index >= 15 is 0 Å². The molecule has 1 nitrogen and oxygen atoms in total. The highest BCUT2D eigenvalue weighted by atomic mass is 19.3. The highest BCUT2D eigenvalue weighted by molar-refractivity contribution is 5.60. The van der Waals surface area contributed by atoms with Crippen molar-refractivity contribution in [2.45, 2.75) is 44.4 Å². The monoisotopic (exact) mass is 188 g/mol. The van der Waals surface area contributed by atoms with Gasteiger partial charge < -0.3 is 4.79 Å². The predicted octanol–water partition coefficient (Wildman–Crippen LogP) is 2.79. The third-order valence-electron chi connectivity index (χ3n) is 3.47. The van der Waals surface area contributed by atoms with Gasteiger partial charge in [0.1, 0.15) is 6.29 Å². The molecule has 2 saturated carbocycles. The van der Waals surface area contributed by atoms with E-state index in [0.717, 1.165) is 25.5 Å². The van der Waals surface area contributed by atoms with Gasteiger partial charge in [0.15, 0.2) is 0 Å². The van der Waals surface area contributed by atoms with E-state index in [2.05, 4.69) is 0 Å². The average molecular weight is 188 g/mol. The van der Waals surface area contributed by atoms with Gasteiger partial charge in [-0.05, 0) is 25.2 Å². The molecule has 0 aromatic carbocycles. The molecular formula is C10H14F2O. The molecule has 2 aliphatic rings. The number of alkyl halides is 2. The Morgan fingerprint density at radius 3 is 2.23 bits per heavy atom. The molecule has 0 aromatic heterocycles. The summed E-state index contributed by atoms with van der Waals surface area (Å²) in [7, 11) is 0. The largest absolute Gasteiger partial charge is 0.303 e. The highest BCUT2D eigenvalue weighted by Gasteiger charge is 2.49. The van der Waals surface area contributed by atoms with Crippen LogP contribution in [0.15, 0.2) is 0 Å². The zero-order valence-corrected chi connectivity index (χ0v) is 7.56.